The van der Waals surface area contributed by atoms with Gasteiger partial charge in [0.05, 0.1) is 11.1 Å². The topological polar surface area (TPSA) is 103 Å². The normalized spacial score (nSPS) is 13.5. The van der Waals surface area contributed by atoms with Crippen molar-refractivity contribution >= 4 is 28.6 Å². The van der Waals surface area contributed by atoms with Crippen molar-refractivity contribution in [3.05, 3.63) is 70.9 Å². The number of amidine groups is 1. The largest absolute Gasteiger partial charge is 0.384 e. The number of rotatable bonds is 4. The van der Waals surface area contributed by atoms with Crippen LogP contribution in [0.1, 0.15) is 31.8 Å². The van der Waals surface area contributed by atoms with Crippen LogP contribution >= 0.6 is 0 Å². The van der Waals surface area contributed by atoms with Crippen LogP contribution in [0.25, 0.3) is 10.9 Å². The third-order valence-corrected chi connectivity index (χ3v) is 4.56. The van der Waals surface area contributed by atoms with Gasteiger partial charge in [-0.2, -0.15) is 0 Å². The van der Waals surface area contributed by atoms with Gasteiger partial charge in [-0.05, 0) is 42.3 Å². The Balaban J connectivity index is 1.59. The van der Waals surface area contributed by atoms with Crippen LogP contribution in [0.4, 0.5) is 0 Å². The lowest BCUT2D eigenvalue weighted by Crippen LogP contribution is -2.31. The Labute approximate surface area is 143 Å². The molecule has 3 aromatic rings. The lowest BCUT2D eigenvalue weighted by Gasteiger charge is -2.13. The van der Waals surface area contributed by atoms with Gasteiger partial charge in [-0.3, -0.25) is 19.9 Å². The number of H-pyrrole nitrogens is 1. The van der Waals surface area contributed by atoms with Crippen molar-refractivity contribution in [1.82, 2.24) is 9.88 Å². The van der Waals surface area contributed by atoms with Crippen LogP contribution in [0.2, 0.25) is 0 Å². The summed E-state index contributed by atoms with van der Waals surface area (Å²) >= 11 is 0. The molecule has 0 aliphatic carbocycles. The molecule has 6 heteroatoms. The van der Waals surface area contributed by atoms with Crippen LogP contribution in [0, 0.1) is 5.41 Å². The molecule has 2 heterocycles. The second kappa shape index (κ2) is 5.59. The number of imide groups is 1. The molecule has 25 heavy (non-hydrogen) atoms. The summed E-state index contributed by atoms with van der Waals surface area (Å²) in [5.41, 5.74) is 9.05. The van der Waals surface area contributed by atoms with Crippen LogP contribution in [0.5, 0.6) is 0 Å². The number of nitrogens with one attached hydrogen (secondary N) is 2. The number of fused-ring (bicyclic) bond motifs is 2. The minimum absolute atomic E-state index is 0.00870. The third-order valence-electron chi connectivity index (χ3n) is 4.56. The average molecular weight is 332 g/mol. The van der Waals surface area contributed by atoms with Crippen molar-refractivity contribution in [3.8, 4) is 0 Å². The van der Waals surface area contributed by atoms with E-state index in [0.717, 1.165) is 16.5 Å². The molecule has 2 aromatic carbocycles. The van der Waals surface area contributed by atoms with Gasteiger partial charge in [-0.1, -0.05) is 12.1 Å². The van der Waals surface area contributed by atoms with E-state index in [0.29, 0.717) is 29.7 Å². The maximum absolute atomic E-state index is 12.4. The van der Waals surface area contributed by atoms with E-state index in [1.54, 1.807) is 30.3 Å². The quantitative estimate of drug-likeness (QED) is 0.388. The van der Waals surface area contributed by atoms with E-state index in [2.05, 4.69) is 4.98 Å². The Kier molecular flexibility index (Phi) is 3.39. The molecule has 0 spiro atoms. The summed E-state index contributed by atoms with van der Waals surface area (Å²) < 4.78 is 0. The molecule has 124 valence electrons. The molecule has 1 aromatic heterocycles. The summed E-state index contributed by atoms with van der Waals surface area (Å²) in [6.07, 6.45) is 2.40. The molecule has 0 unspecified atom stereocenters. The number of hydrogen-bond donors (Lipinski definition) is 3. The van der Waals surface area contributed by atoms with E-state index in [4.69, 9.17) is 11.1 Å². The molecule has 4 N–H and O–H groups in total. The molecule has 0 saturated heterocycles. The highest BCUT2D eigenvalue weighted by Crippen LogP contribution is 2.24. The molecule has 0 bridgehead atoms. The number of nitrogens with zero attached hydrogens (tertiary/aromatic N) is 1. The maximum atomic E-state index is 12.4. The van der Waals surface area contributed by atoms with Gasteiger partial charge in [0.25, 0.3) is 11.8 Å². The predicted molar refractivity (Wildman–Crippen MR) is 94.8 cm³/mol. The number of nitrogen functional groups attached to an aromatic ring is 1. The van der Waals surface area contributed by atoms with Gasteiger partial charge >= 0.3 is 0 Å². The molecule has 1 aliphatic rings. The van der Waals surface area contributed by atoms with Gasteiger partial charge in [0.1, 0.15) is 5.84 Å². The second-order valence-corrected chi connectivity index (χ2v) is 6.05. The number of aromatic nitrogens is 1. The van der Waals surface area contributed by atoms with Crippen molar-refractivity contribution in [2.24, 2.45) is 5.73 Å². The number of nitrogens with two attached hydrogens (primary N) is 1. The van der Waals surface area contributed by atoms with Crippen LogP contribution in [-0.2, 0) is 6.42 Å². The van der Waals surface area contributed by atoms with Crippen molar-refractivity contribution in [2.75, 3.05) is 6.54 Å². The van der Waals surface area contributed by atoms with Crippen LogP contribution in [-0.4, -0.2) is 34.1 Å². The number of aromatic amines is 1. The molecule has 0 fully saturated rings. The summed E-state index contributed by atoms with van der Waals surface area (Å²) in [5, 5.41) is 8.52. The van der Waals surface area contributed by atoms with Gasteiger partial charge in [-0.25, -0.2) is 0 Å². The fraction of sp³-hybridized carbons (Fsp3) is 0.105. The van der Waals surface area contributed by atoms with Gasteiger partial charge in [-0.15, -0.1) is 0 Å². The first kappa shape index (κ1) is 15.1. The fourth-order valence-electron chi connectivity index (χ4n) is 3.23. The smallest absolute Gasteiger partial charge is 0.261 e. The van der Waals surface area contributed by atoms with E-state index in [1.165, 1.54) is 4.90 Å². The number of benzene rings is 2. The van der Waals surface area contributed by atoms with E-state index < -0.39 is 0 Å². The standard InChI is InChI=1S/C19H16N4O2/c20-17(21)11-5-6-16-15(9-11)12(10-22-16)7-8-23-18(24)13-3-1-2-4-14(13)19(23)25/h1-6,9-10,22H,7-8H2,(H3,20,21). The number of hydrogen-bond acceptors (Lipinski definition) is 3. The Morgan fingerprint density at radius 1 is 1.08 bits per heavy atom. The van der Waals surface area contributed by atoms with Crippen molar-refractivity contribution in [2.45, 2.75) is 6.42 Å². The highest BCUT2D eigenvalue weighted by Gasteiger charge is 2.34. The zero-order valence-corrected chi connectivity index (χ0v) is 13.4. The van der Waals surface area contributed by atoms with E-state index >= 15 is 0 Å². The van der Waals surface area contributed by atoms with E-state index in [9.17, 15) is 9.59 Å². The number of carbonyl (C=O) groups is 2. The van der Waals surface area contributed by atoms with Crippen molar-refractivity contribution in [1.29, 1.82) is 5.41 Å². The first-order valence-electron chi connectivity index (χ1n) is 7.96. The van der Waals surface area contributed by atoms with Gasteiger partial charge in [0.2, 0.25) is 0 Å². The molecule has 1 aliphatic heterocycles. The maximum Gasteiger partial charge on any atom is 0.261 e. The van der Waals surface area contributed by atoms with E-state index in [-0.39, 0.29) is 17.6 Å². The Bertz CT molecular complexity index is 1000. The molecule has 0 radical (unpaired) electrons. The number of carbonyl (C=O) groups excluding carboxylic acids is 2. The Hall–Kier alpha value is -3.41. The summed E-state index contributed by atoms with van der Waals surface area (Å²) in [7, 11) is 0. The van der Waals surface area contributed by atoms with Gasteiger partial charge in [0.15, 0.2) is 0 Å². The zero-order chi connectivity index (χ0) is 17.6. The molecule has 0 saturated carbocycles. The fourth-order valence-corrected chi connectivity index (χ4v) is 3.23. The Morgan fingerprint density at radius 2 is 1.76 bits per heavy atom. The summed E-state index contributed by atoms with van der Waals surface area (Å²) in [6, 6.07) is 12.4. The lowest BCUT2D eigenvalue weighted by molar-refractivity contribution is 0.0656. The first-order valence-corrected chi connectivity index (χ1v) is 7.96. The summed E-state index contributed by atoms with van der Waals surface area (Å²) in [6.45, 7) is 0.309. The third kappa shape index (κ3) is 2.39. The monoisotopic (exact) mass is 332 g/mol. The number of amides is 2. The predicted octanol–water partition coefficient (Wildman–Crippen LogP) is 2.29. The molecular formula is C19H16N4O2. The van der Waals surface area contributed by atoms with Gasteiger partial charge < -0.3 is 10.7 Å². The zero-order valence-electron chi connectivity index (χ0n) is 13.4. The molecule has 4 rings (SSSR count). The first-order chi connectivity index (χ1) is 12.1. The molecule has 2 amide bonds. The molecule has 0 atom stereocenters. The minimum atomic E-state index is -0.245. The SMILES string of the molecule is N=C(N)c1ccc2[nH]cc(CCN3C(=O)c4ccccc4C3=O)c2c1. The van der Waals surface area contributed by atoms with Crippen molar-refractivity contribution < 1.29 is 9.59 Å². The van der Waals surface area contributed by atoms with Crippen LogP contribution in [0.3, 0.4) is 0 Å². The van der Waals surface area contributed by atoms with Gasteiger partial charge in [0, 0.05) is 29.2 Å². The van der Waals surface area contributed by atoms with Crippen LogP contribution < -0.4 is 5.73 Å². The minimum Gasteiger partial charge on any atom is -0.384 e. The Morgan fingerprint density at radius 3 is 2.40 bits per heavy atom. The average Bonchev–Trinajstić information content (AvgIpc) is 3.13. The lowest BCUT2D eigenvalue weighted by atomic mass is 10.1. The summed E-state index contributed by atoms with van der Waals surface area (Å²) in [4.78, 5) is 29.3. The molecule has 6 nitrogen and oxygen atoms in total. The highest BCUT2D eigenvalue weighted by atomic mass is 16.2. The van der Waals surface area contributed by atoms with Crippen molar-refractivity contribution in [3.63, 3.8) is 0 Å². The van der Waals surface area contributed by atoms with E-state index in [1.807, 2.05) is 18.3 Å². The van der Waals surface area contributed by atoms with Crippen LogP contribution in [0.15, 0.2) is 48.7 Å². The second-order valence-electron chi connectivity index (χ2n) is 6.05. The summed E-state index contributed by atoms with van der Waals surface area (Å²) in [5.74, 6) is -0.482. The highest BCUT2D eigenvalue weighted by molar-refractivity contribution is 6.21. The molecular weight excluding hydrogens is 316 g/mol.